The highest BCUT2D eigenvalue weighted by Crippen LogP contribution is 2.24. The van der Waals surface area contributed by atoms with Gasteiger partial charge in [0.2, 0.25) is 5.76 Å². The zero-order valence-corrected chi connectivity index (χ0v) is 16.9. The number of carbonyl (C=O) groups excluding carboxylic acids is 2. The van der Waals surface area contributed by atoms with Crippen molar-refractivity contribution >= 4 is 39.3 Å². The Morgan fingerprint density at radius 2 is 2.07 bits per heavy atom. The number of esters is 1. The van der Waals surface area contributed by atoms with E-state index in [1.165, 1.54) is 24.5 Å². The van der Waals surface area contributed by atoms with Gasteiger partial charge in [-0.1, -0.05) is 31.3 Å². The van der Waals surface area contributed by atoms with Gasteiger partial charge in [-0.15, -0.1) is 0 Å². The Kier molecular flexibility index (Phi) is 5.92. The lowest BCUT2D eigenvalue weighted by Gasteiger charge is -2.07. The summed E-state index contributed by atoms with van der Waals surface area (Å²) in [5.41, 5.74) is 1.97. The van der Waals surface area contributed by atoms with Crippen molar-refractivity contribution in [2.45, 2.75) is 32.7 Å². The van der Waals surface area contributed by atoms with Crippen LogP contribution in [0.5, 0.6) is 0 Å². The summed E-state index contributed by atoms with van der Waals surface area (Å²) in [7, 11) is 1.31. The third kappa shape index (κ3) is 4.43. The van der Waals surface area contributed by atoms with Crippen LogP contribution >= 0.6 is 11.3 Å². The normalized spacial score (nSPS) is 11.9. The van der Waals surface area contributed by atoms with Crippen LogP contribution in [-0.4, -0.2) is 28.5 Å². The van der Waals surface area contributed by atoms with E-state index in [9.17, 15) is 19.7 Å². The first-order valence-corrected chi connectivity index (χ1v) is 9.65. The number of hydrogen-bond acceptors (Lipinski definition) is 7. The van der Waals surface area contributed by atoms with Crippen molar-refractivity contribution in [2.75, 3.05) is 7.11 Å². The summed E-state index contributed by atoms with van der Waals surface area (Å²) < 4.78 is 12.3. The van der Waals surface area contributed by atoms with Crippen molar-refractivity contribution in [2.24, 2.45) is 4.99 Å². The van der Waals surface area contributed by atoms with Crippen molar-refractivity contribution in [1.29, 1.82) is 0 Å². The monoisotopic (exact) mass is 417 g/mol. The van der Waals surface area contributed by atoms with Crippen LogP contribution in [0.3, 0.4) is 0 Å². The molecule has 9 nitrogen and oxygen atoms in total. The molecule has 0 aliphatic rings. The van der Waals surface area contributed by atoms with E-state index < -0.39 is 16.7 Å². The minimum atomic E-state index is -0.736. The zero-order chi connectivity index (χ0) is 21.1. The summed E-state index contributed by atoms with van der Waals surface area (Å²) in [6.45, 7) is 4.44. The van der Waals surface area contributed by atoms with Gasteiger partial charge in [-0.3, -0.25) is 19.7 Å². The van der Waals surface area contributed by atoms with Crippen molar-refractivity contribution in [3.63, 3.8) is 0 Å². The highest BCUT2D eigenvalue weighted by atomic mass is 32.1. The van der Waals surface area contributed by atoms with Crippen molar-refractivity contribution in [1.82, 2.24) is 4.57 Å². The predicted octanol–water partition coefficient (Wildman–Crippen LogP) is 3.63. The number of aryl methyl sites for hydroxylation is 1. The molecule has 3 aromatic rings. The number of hydrogen-bond donors (Lipinski definition) is 0. The van der Waals surface area contributed by atoms with Crippen molar-refractivity contribution in [3.8, 4) is 0 Å². The molecule has 0 N–H and O–H groups in total. The summed E-state index contributed by atoms with van der Waals surface area (Å²) in [5.74, 6) is -1.54. The number of furan rings is 1. The summed E-state index contributed by atoms with van der Waals surface area (Å²) in [6, 6.07) is 8.27. The SMILES string of the molecule is COC(=O)CCn1c(=NC(=O)c2ccc([N+](=O)[O-])o2)sc2cc(C(C)C)ccc21. The lowest BCUT2D eigenvalue weighted by atomic mass is 10.0. The van der Waals surface area contributed by atoms with Crippen LogP contribution in [0, 0.1) is 10.1 Å². The minimum absolute atomic E-state index is 0.113. The largest absolute Gasteiger partial charge is 0.469 e. The standard InChI is InChI=1S/C19H19N3O6S/c1-11(2)12-4-5-13-15(10-12)29-19(21(13)9-8-17(23)27-3)20-18(24)14-6-7-16(28-14)22(25)26/h4-7,10-11H,8-9H2,1-3H3. The van der Waals surface area contributed by atoms with Crippen LogP contribution in [0.2, 0.25) is 0 Å². The van der Waals surface area contributed by atoms with Crippen LogP contribution in [-0.2, 0) is 16.1 Å². The van der Waals surface area contributed by atoms with Crippen LogP contribution in [0.15, 0.2) is 39.7 Å². The van der Waals surface area contributed by atoms with Crippen molar-refractivity contribution in [3.05, 3.63) is 56.6 Å². The van der Waals surface area contributed by atoms with Gasteiger partial charge in [0.05, 0.1) is 29.8 Å². The van der Waals surface area contributed by atoms with E-state index in [2.05, 4.69) is 18.8 Å². The topological polar surface area (TPSA) is 117 Å². The van der Waals surface area contributed by atoms with Gasteiger partial charge in [-0.25, -0.2) is 0 Å². The lowest BCUT2D eigenvalue weighted by molar-refractivity contribution is -0.402. The van der Waals surface area contributed by atoms with E-state index in [4.69, 9.17) is 9.15 Å². The number of thiazole rings is 1. The average molecular weight is 417 g/mol. The van der Waals surface area contributed by atoms with E-state index in [0.717, 1.165) is 21.8 Å². The Balaban J connectivity index is 2.07. The molecule has 1 amide bonds. The molecule has 0 aliphatic heterocycles. The van der Waals surface area contributed by atoms with Gasteiger partial charge in [0, 0.05) is 6.54 Å². The van der Waals surface area contributed by atoms with Gasteiger partial charge in [0.1, 0.15) is 4.92 Å². The third-order valence-electron chi connectivity index (χ3n) is 4.32. The first kappa shape index (κ1) is 20.5. The molecule has 0 saturated heterocycles. The molecule has 2 heterocycles. The first-order chi connectivity index (χ1) is 13.8. The molecule has 0 radical (unpaired) electrons. The number of nitrogens with zero attached hydrogens (tertiary/aromatic N) is 3. The van der Waals surface area contributed by atoms with Gasteiger partial charge in [0.25, 0.3) is 0 Å². The maximum atomic E-state index is 12.5. The molecule has 10 heteroatoms. The number of methoxy groups -OCH3 is 1. The molecule has 0 bridgehead atoms. The first-order valence-electron chi connectivity index (χ1n) is 8.83. The predicted molar refractivity (Wildman–Crippen MR) is 106 cm³/mol. The van der Waals surface area contributed by atoms with Crippen LogP contribution in [0.1, 0.15) is 42.3 Å². The van der Waals surface area contributed by atoms with Gasteiger partial charge >= 0.3 is 17.8 Å². The summed E-state index contributed by atoms with van der Waals surface area (Å²) in [4.78, 5) is 38.6. The Hall–Kier alpha value is -3.27. The van der Waals surface area contributed by atoms with Gasteiger partial charge < -0.3 is 13.7 Å². The molecule has 29 heavy (non-hydrogen) atoms. The van der Waals surface area contributed by atoms with Gasteiger partial charge in [0.15, 0.2) is 4.80 Å². The zero-order valence-electron chi connectivity index (χ0n) is 16.1. The molecular formula is C19H19N3O6S. The minimum Gasteiger partial charge on any atom is -0.469 e. The van der Waals surface area contributed by atoms with E-state index in [0.29, 0.717) is 10.7 Å². The molecule has 0 atom stereocenters. The number of aromatic nitrogens is 1. The Morgan fingerprint density at radius 1 is 1.31 bits per heavy atom. The lowest BCUT2D eigenvalue weighted by Crippen LogP contribution is -2.19. The summed E-state index contributed by atoms with van der Waals surface area (Å²) in [6.07, 6.45) is 0.113. The van der Waals surface area contributed by atoms with Crippen molar-refractivity contribution < 1.29 is 23.7 Å². The number of carbonyl (C=O) groups is 2. The molecule has 1 aromatic carbocycles. The highest BCUT2D eigenvalue weighted by molar-refractivity contribution is 7.16. The molecule has 0 aliphatic carbocycles. The molecule has 0 fully saturated rings. The molecule has 152 valence electrons. The Morgan fingerprint density at radius 3 is 2.69 bits per heavy atom. The number of benzene rings is 1. The molecule has 0 saturated carbocycles. The summed E-state index contributed by atoms with van der Waals surface area (Å²) >= 11 is 1.30. The molecule has 0 unspecified atom stereocenters. The number of ether oxygens (including phenoxy) is 1. The smallest absolute Gasteiger partial charge is 0.433 e. The third-order valence-corrected chi connectivity index (χ3v) is 5.36. The van der Waals surface area contributed by atoms with E-state index in [-0.39, 0.29) is 24.7 Å². The Labute approximate surface area is 169 Å². The second kappa shape index (κ2) is 8.39. The average Bonchev–Trinajstić information content (AvgIpc) is 3.30. The van der Waals surface area contributed by atoms with E-state index in [1.54, 1.807) is 4.57 Å². The maximum absolute atomic E-state index is 12.5. The Bertz CT molecular complexity index is 1150. The molecular weight excluding hydrogens is 398 g/mol. The number of nitro groups is 1. The van der Waals surface area contributed by atoms with E-state index in [1.807, 2.05) is 18.2 Å². The molecule has 0 spiro atoms. The number of fused-ring (bicyclic) bond motifs is 1. The second-order valence-electron chi connectivity index (χ2n) is 6.56. The van der Waals surface area contributed by atoms with Crippen LogP contribution in [0.25, 0.3) is 10.2 Å². The van der Waals surface area contributed by atoms with Crippen LogP contribution < -0.4 is 4.80 Å². The van der Waals surface area contributed by atoms with Gasteiger partial charge in [-0.05, 0) is 29.7 Å². The molecule has 3 rings (SSSR count). The number of rotatable bonds is 6. The second-order valence-corrected chi connectivity index (χ2v) is 7.57. The van der Waals surface area contributed by atoms with E-state index >= 15 is 0 Å². The van der Waals surface area contributed by atoms with Gasteiger partial charge in [-0.2, -0.15) is 4.99 Å². The maximum Gasteiger partial charge on any atom is 0.433 e. The fourth-order valence-corrected chi connectivity index (χ4v) is 3.84. The number of amides is 1. The fourth-order valence-electron chi connectivity index (χ4n) is 2.74. The quantitative estimate of drug-likeness (QED) is 0.343. The fraction of sp³-hybridized carbons (Fsp3) is 0.316. The molecule has 2 aromatic heterocycles. The summed E-state index contributed by atoms with van der Waals surface area (Å²) in [5, 5.41) is 10.8. The highest BCUT2D eigenvalue weighted by Gasteiger charge is 2.18. The van der Waals surface area contributed by atoms with Crippen LogP contribution in [0.4, 0.5) is 5.88 Å².